The van der Waals surface area contributed by atoms with E-state index in [2.05, 4.69) is 39.7 Å². The van der Waals surface area contributed by atoms with Gasteiger partial charge in [-0.25, -0.2) is 9.67 Å². The molecule has 4 rings (SSSR count). The molecule has 0 bridgehead atoms. The van der Waals surface area contributed by atoms with Gasteiger partial charge in [0.2, 0.25) is 0 Å². The molecule has 0 radical (unpaired) electrons. The summed E-state index contributed by atoms with van der Waals surface area (Å²) in [7, 11) is 0. The van der Waals surface area contributed by atoms with Gasteiger partial charge in [-0.15, -0.1) is 16.4 Å². The van der Waals surface area contributed by atoms with Crippen LogP contribution in [0.4, 0.5) is 5.13 Å². The van der Waals surface area contributed by atoms with E-state index in [0.717, 1.165) is 16.1 Å². The average molecular weight is 390 g/mol. The lowest BCUT2D eigenvalue weighted by Gasteiger charge is -2.04. The summed E-state index contributed by atoms with van der Waals surface area (Å²) in [6, 6.07) is 17.1. The standard InChI is InChI=1S/C20H18N6OS/c1-13(2)18-17(14-7-4-3-5-8-14)22-20(28-18)23-19(27)15-9-6-10-16(11-15)26-12-21-24-25-26/h3-13H,1-2H3,(H,22,23,27). The van der Waals surface area contributed by atoms with Gasteiger partial charge in [0, 0.05) is 16.0 Å². The SMILES string of the molecule is CC(C)c1sc(NC(=O)c2cccc(-n3cnnn3)c2)nc1-c1ccccc1. The van der Waals surface area contributed by atoms with Gasteiger partial charge in [0.05, 0.1) is 11.4 Å². The third-order valence-electron chi connectivity index (χ3n) is 4.17. The molecule has 0 aliphatic rings. The summed E-state index contributed by atoms with van der Waals surface area (Å²) >= 11 is 1.51. The molecule has 28 heavy (non-hydrogen) atoms. The fraction of sp³-hybridized carbons (Fsp3) is 0.150. The maximum absolute atomic E-state index is 12.8. The number of hydrogen-bond acceptors (Lipinski definition) is 6. The number of aromatic nitrogens is 5. The van der Waals surface area contributed by atoms with Crippen LogP contribution in [0, 0.1) is 0 Å². The van der Waals surface area contributed by atoms with Crippen LogP contribution < -0.4 is 5.32 Å². The van der Waals surface area contributed by atoms with Gasteiger partial charge >= 0.3 is 0 Å². The Morgan fingerprint density at radius 3 is 2.64 bits per heavy atom. The third-order valence-corrected chi connectivity index (χ3v) is 5.44. The molecule has 1 N–H and O–H groups in total. The van der Waals surface area contributed by atoms with Gasteiger partial charge in [0.1, 0.15) is 6.33 Å². The zero-order valence-corrected chi connectivity index (χ0v) is 16.2. The van der Waals surface area contributed by atoms with Crippen LogP contribution in [0.25, 0.3) is 16.9 Å². The number of amides is 1. The highest BCUT2D eigenvalue weighted by molar-refractivity contribution is 7.16. The van der Waals surface area contributed by atoms with Gasteiger partial charge in [-0.2, -0.15) is 0 Å². The van der Waals surface area contributed by atoms with Gasteiger partial charge < -0.3 is 0 Å². The van der Waals surface area contributed by atoms with Gasteiger partial charge in [-0.05, 0) is 34.5 Å². The van der Waals surface area contributed by atoms with E-state index in [1.165, 1.54) is 22.3 Å². The molecule has 0 saturated heterocycles. The molecule has 0 unspecified atom stereocenters. The second-order valence-electron chi connectivity index (χ2n) is 6.51. The van der Waals surface area contributed by atoms with Crippen LogP contribution in [0.2, 0.25) is 0 Å². The number of benzene rings is 2. The second kappa shape index (κ2) is 7.69. The van der Waals surface area contributed by atoms with Crippen molar-refractivity contribution in [3.63, 3.8) is 0 Å². The minimum absolute atomic E-state index is 0.224. The molecule has 8 heteroatoms. The van der Waals surface area contributed by atoms with Crippen molar-refractivity contribution in [3.05, 3.63) is 71.4 Å². The molecule has 7 nitrogen and oxygen atoms in total. The summed E-state index contributed by atoms with van der Waals surface area (Å²) in [4.78, 5) is 18.6. The van der Waals surface area contributed by atoms with E-state index in [9.17, 15) is 4.79 Å². The summed E-state index contributed by atoms with van der Waals surface area (Å²) in [6.45, 7) is 4.25. The highest BCUT2D eigenvalue weighted by atomic mass is 32.1. The van der Waals surface area contributed by atoms with Crippen LogP contribution in [0.1, 0.15) is 35.0 Å². The number of hydrogen-bond donors (Lipinski definition) is 1. The fourth-order valence-corrected chi connectivity index (χ4v) is 3.80. The monoisotopic (exact) mass is 390 g/mol. The lowest BCUT2D eigenvalue weighted by molar-refractivity contribution is 0.102. The maximum Gasteiger partial charge on any atom is 0.257 e. The topological polar surface area (TPSA) is 85.6 Å². The Hall–Kier alpha value is -3.39. The number of carbonyl (C=O) groups excluding carboxylic acids is 1. The molecule has 0 aliphatic carbocycles. The summed E-state index contributed by atoms with van der Waals surface area (Å²) in [5.74, 6) is 0.0834. The first-order chi connectivity index (χ1) is 13.6. The van der Waals surface area contributed by atoms with E-state index in [0.29, 0.717) is 22.3 Å². The van der Waals surface area contributed by atoms with Gasteiger partial charge in [0.15, 0.2) is 5.13 Å². The first-order valence-corrected chi connectivity index (χ1v) is 9.64. The van der Waals surface area contributed by atoms with E-state index in [4.69, 9.17) is 0 Å². The second-order valence-corrected chi connectivity index (χ2v) is 7.54. The van der Waals surface area contributed by atoms with Crippen LogP contribution in [0.5, 0.6) is 0 Å². The molecule has 2 aromatic heterocycles. The third kappa shape index (κ3) is 3.67. The Balaban J connectivity index is 1.61. The molecule has 0 spiro atoms. The van der Waals surface area contributed by atoms with E-state index in [1.54, 1.807) is 18.2 Å². The van der Waals surface area contributed by atoms with Crippen LogP contribution in [-0.4, -0.2) is 31.1 Å². The lowest BCUT2D eigenvalue weighted by Crippen LogP contribution is -2.12. The van der Waals surface area contributed by atoms with Crippen LogP contribution in [-0.2, 0) is 0 Å². The molecule has 0 aliphatic heterocycles. The number of carbonyl (C=O) groups is 1. The van der Waals surface area contributed by atoms with E-state index < -0.39 is 0 Å². The molecule has 2 aromatic carbocycles. The van der Waals surface area contributed by atoms with Crippen molar-refractivity contribution >= 4 is 22.4 Å². The zero-order chi connectivity index (χ0) is 19.5. The predicted molar refractivity (Wildman–Crippen MR) is 109 cm³/mol. The zero-order valence-electron chi connectivity index (χ0n) is 15.4. The van der Waals surface area contributed by atoms with Crippen molar-refractivity contribution < 1.29 is 4.79 Å². The Labute approximate surface area is 166 Å². The first-order valence-electron chi connectivity index (χ1n) is 8.83. The Morgan fingerprint density at radius 1 is 1.11 bits per heavy atom. The van der Waals surface area contributed by atoms with Gasteiger partial charge in [-0.1, -0.05) is 50.2 Å². The average Bonchev–Trinajstić information content (AvgIpc) is 3.39. The van der Waals surface area contributed by atoms with E-state index in [1.807, 2.05) is 36.4 Å². The Kier molecular flexibility index (Phi) is 4.94. The molecule has 0 saturated carbocycles. The highest BCUT2D eigenvalue weighted by Crippen LogP contribution is 2.36. The van der Waals surface area contributed by atoms with E-state index in [-0.39, 0.29) is 5.91 Å². The predicted octanol–water partition coefficient (Wildman–Crippen LogP) is 4.16. The lowest BCUT2D eigenvalue weighted by atomic mass is 10.1. The molecule has 4 aromatic rings. The number of nitrogens with one attached hydrogen (secondary N) is 1. The molecule has 1 amide bonds. The molecule has 140 valence electrons. The molecule has 0 fully saturated rings. The van der Waals surface area contributed by atoms with Crippen molar-refractivity contribution in [2.45, 2.75) is 19.8 Å². The van der Waals surface area contributed by atoms with Crippen LogP contribution >= 0.6 is 11.3 Å². The number of tetrazole rings is 1. The van der Waals surface area contributed by atoms with Crippen LogP contribution in [0.15, 0.2) is 60.9 Å². The fourth-order valence-electron chi connectivity index (χ4n) is 2.82. The van der Waals surface area contributed by atoms with Crippen molar-refractivity contribution in [3.8, 4) is 16.9 Å². The summed E-state index contributed by atoms with van der Waals surface area (Å²) in [5.41, 5.74) is 3.18. The largest absolute Gasteiger partial charge is 0.298 e. The number of anilines is 1. The van der Waals surface area contributed by atoms with Gasteiger partial charge in [0.25, 0.3) is 5.91 Å². The molecular weight excluding hydrogens is 372 g/mol. The Bertz CT molecular complexity index is 1090. The van der Waals surface area contributed by atoms with Crippen molar-refractivity contribution in [1.29, 1.82) is 0 Å². The molecule has 2 heterocycles. The molecular formula is C20H18N6OS. The quantitative estimate of drug-likeness (QED) is 0.553. The summed E-state index contributed by atoms with van der Waals surface area (Å²) < 4.78 is 1.50. The van der Waals surface area contributed by atoms with E-state index >= 15 is 0 Å². The summed E-state index contributed by atoms with van der Waals surface area (Å²) in [5, 5.41) is 14.6. The molecule has 0 atom stereocenters. The number of thiazole rings is 1. The minimum Gasteiger partial charge on any atom is -0.298 e. The number of rotatable bonds is 5. The maximum atomic E-state index is 12.8. The Morgan fingerprint density at radius 2 is 1.93 bits per heavy atom. The minimum atomic E-state index is -0.224. The smallest absolute Gasteiger partial charge is 0.257 e. The first kappa shape index (κ1) is 18.0. The van der Waals surface area contributed by atoms with Crippen LogP contribution in [0.3, 0.4) is 0 Å². The van der Waals surface area contributed by atoms with Crippen molar-refractivity contribution in [2.75, 3.05) is 5.32 Å². The highest BCUT2D eigenvalue weighted by Gasteiger charge is 2.18. The van der Waals surface area contributed by atoms with Crippen molar-refractivity contribution in [2.24, 2.45) is 0 Å². The van der Waals surface area contributed by atoms with Crippen molar-refractivity contribution in [1.82, 2.24) is 25.2 Å². The van der Waals surface area contributed by atoms with Gasteiger partial charge in [-0.3, -0.25) is 10.1 Å². The summed E-state index contributed by atoms with van der Waals surface area (Å²) in [6.07, 6.45) is 1.49. The normalized spacial score (nSPS) is 11.0. The number of nitrogens with zero attached hydrogens (tertiary/aromatic N) is 5.